The van der Waals surface area contributed by atoms with Crippen molar-refractivity contribution in [3.8, 4) is 0 Å². The van der Waals surface area contributed by atoms with Crippen LogP contribution in [0.15, 0.2) is 30.9 Å². The molecule has 0 bridgehead atoms. The Hall–Kier alpha value is -0.540. The molecule has 0 saturated heterocycles. The Morgan fingerprint density at radius 2 is 2.00 bits per heavy atom. The summed E-state index contributed by atoms with van der Waals surface area (Å²) in [5.41, 5.74) is 6.52. The minimum absolute atomic E-state index is 0.0378. The summed E-state index contributed by atoms with van der Waals surface area (Å²) >= 11 is 12.2. The highest BCUT2D eigenvalue weighted by Crippen LogP contribution is 2.29. The third-order valence-electron chi connectivity index (χ3n) is 2.09. The molecule has 82 valence electrons. The van der Waals surface area contributed by atoms with Crippen LogP contribution < -0.4 is 11.1 Å². The first kappa shape index (κ1) is 12.5. The van der Waals surface area contributed by atoms with Crippen molar-refractivity contribution < 1.29 is 0 Å². The quantitative estimate of drug-likeness (QED) is 0.783. The topological polar surface area (TPSA) is 38.0 Å². The normalized spacial score (nSPS) is 12.5. The molecular formula is C11H14Cl2N2. The van der Waals surface area contributed by atoms with Gasteiger partial charge in [-0.2, -0.15) is 0 Å². The Bertz CT molecular complexity index is 319. The van der Waals surface area contributed by atoms with E-state index in [-0.39, 0.29) is 6.04 Å². The molecular weight excluding hydrogens is 231 g/mol. The van der Waals surface area contributed by atoms with Gasteiger partial charge in [0.15, 0.2) is 0 Å². The van der Waals surface area contributed by atoms with E-state index in [2.05, 4.69) is 11.9 Å². The van der Waals surface area contributed by atoms with E-state index >= 15 is 0 Å². The SMILES string of the molecule is C=CCNC(CN)c1c(Cl)cccc1Cl. The fraction of sp³-hybridized carbons (Fsp3) is 0.273. The number of halogens is 2. The molecule has 15 heavy (non-hydrogen) atoms. The highest BCUT2D eigenvalue weighted by Gasteiger charge is 2.15. The predicted molar refractivity (Wildman–Crippen MR) is 66.5 cm³/mol. The van der Waals surface area contributed by atoms with E-state index in [4.69, 9.17) is 28.9 Å². The summed E-state index contributed by atoms with van der Waals surface area (Å²) in [6.07, 6.45) is 1.77. The van der Waals surface area contributed by atoms with Crippen LogP contribution in [0.4, 0.5) is 0 Å². The second-order valence-electron chi connectivity index (χ2n) is 3.12. The van der Waals surface area contributed by atoms with Crippen molar-refractivity contribution in [3.63, 3.8) is 0 Å². The second-order valence-corrected chi connectivity index (χ2v) is 3.93. The van der Waals surface area contributed by atoms with Gasteiger partial charge in [-0.05, 0) is 12.1 Å². The molecule has 2 nitrogen and oxygen atoms in total. The monoisotopic (exact) mass is 244 g/mol. The van der Waals surface area contributed by atoms with Crippen LogP contribution in [0.3, 0.4) is 0 Å². The van der Waals surface area contributed by atoms with Crippen molar-refractivity contribution in [3.05, 3.63) is 46.5 Å². The third-order valence-corrected chi connectivity index (χ3v) is 2.75. The molecule has 0 aliphatic carbocycles. The van der Waals surface area contributed by atoms with E-state index in [9.17, 15) is 0 Å². The lowest BCUT2D eigenvalue weighted by molar-refractivity contribution is 0.578. The Morgan fingerprint density at radius 1 is 1.40 bits per heavy atom. The first-order valence-electron chi connectivity index (χ1n) is 4.69. The maximum atomic E-state index is 6.08. The lowest BCUT2D eigenvalue weighted by Gasteiger charge is -2.18. The molecule has 0 saturated carbocycles. The minimum Gasteiger partial charge on any atom is -0.329 e. The molecule has 1 aromatic carbocycles. The van der Waals surface area contributed by atoms with Crippen LogP contribution in [0.1, 0.15) is 11.6 Å². The number of hydrogen-bond donors (Lipinski definition) is 2. The van der Waals surface area contributed by atoms with Crippen LogP contribution in [0.5, 0.6) is 0 Å². The number of rotatable bonds is 5. The van der Waals surface area contributed by atoms with E-state index in [1.807, 2.05) is 6.07 Å². The predicted octanol–water partition coefficient (Wildman–Crippen LogP) is 2.77. The Morgan fingerprint density at radius 3 is 2.47 bits per heavy atom. The fourth-order valence-corrected chi connectivity index (χ4v) is 2.03. The van der Waals surface area contributed by atoms with Crippen LogP contribution in [0, 0.1) is 0 Å². The van der Waals surface area contributed by atoms with Crippen molar-refractivity contribution in [2.75, 3.05) is 13.1 Å². The molecule has 0 amide bonds. The molecule has 0 spiro atoms. The Labute approximate surface area is 100 Å². The molecule has 0 aliphatic rings. The van der Waals surface area contributed by atoms with E-state index in [1.165, 1.54) is 0 Å². The summed E-state index contributed by atoms with van der Waals surface area (Å²) in [5, 5.41) is 4.47. The van der Waals surface area contributed by atoms with Gasteiger partial charge in [-0.25, -0.2) is 0 Å². The average Bonchev–Trinajstić information content (AvgIpc) is 2.22. The second kappa shape index (κ2) is 6.13. The van der Waals surface area contributed by atoms with Crippen LogP contribution in [-0.4, -0.2) is 13.1 Å². The van der Waals surface area contributed by atoms with Gasteiger partial charge >= 0.3 is 0 Å². The highest BCUT2D eigenvalue weighted by atomic mass is 35.5. The number of benzene rings is 1. The lowest BCUT2D eigenvalue weighted by atomic mass is 10.1. The first-order chi connectivity index (χ1) is 7.20. The lowest BCUT2D eigenvalue weighted by Crippen LogP contribution is -2.28. The number of hydrogen-bond acceptors (Lipinski definition) is 2. The molecule has 0 aromatic heterocycles. The Kier molecular flexibility index (Phi) is 5.12. The molecule has 0 radical (unpaired) electrons. The smallest absolute Gasteiger partial charge is 0.0476 e. The summed E-state index contributed by atoms with van der Waals surface area (Å²) < 4.78 is 0. The highest BCUT2D eigenvalue weighted by molar-refractivity contribution is 6.36. The van der Waals surface area contributed by atoms with Gasteiger partial charge in [-0.1, -0.05) is 35.3 Å². The average molecular weight is 245 g/mol. The zero-order valence-electron chi connectivity index (χ0n) is 8.34. The van der Waals surface area contributed by atoms with Crippen molar-refractivity contribution in [1.82, 2.24) is 5.32 Å². The van der Waals surface area contributed by atoms with Crippen LogP contribution in [-0.2, 0) is 0 Å². The molecule has 1 unspecified atom stereocenters. The third kappa shape index (κ3) is 3.21. The Balaban J connectivity index is 2.95. The van der Waals surface area contributed by atoms with Gasteiger partial charge in [-0.3, -0.25) is 0 Å². The molecule has 1 rings (SSSR count). The van der Waals surface area contributed by atoms with Gasteiger partial charge in [0.1, 0.15) is 0 Å². The zero-order chi connectivity index (χ0) is 11.3. The summed E-state index contributed by atoms with van der Waals surface area (Å²) in [6, 6.07) is 5.39. The molecule has 1 aromatic rings. The fourth-order valence-electron chi connectivity index (χ4n) is 1.37. The molecule has 0 fully saturated rings. The summed E-state index contributed by atoms with van der Waals surface area (Å²) in [4.78, 5) is 0. The van der Waals surface area contributed by atoms with Gasteiger partial charge in [0, 0.05) is 34.7 Å². The first-order valence-corrected chi connectivity index (χ1v) is 5.44. The van der Waals surface area contributed by atoms with Crippen molar-refractivity contribution >= 4 is 23.2 Å². The molecule has 0 aliphatic heterocycles. The summed E-state index contributed by atoms with van der Waals surface area (Å²) in [5.74, 6) is 0. The van der Waals surface area contributed by atoms with E-state index in [0.717, 1.165) is 5.56 Å². The van der Waals surface area contributed by atoms with Crippen molar-refractivity contribution in [2.45, 2.75) is 6.04 Å². The van der Waals surface area contributed by atoms with Gasteiger partial charge in [-0.15, -0.1) is 6.58 Å². The van der Waals surface area contributed by atoms with Crippen molar-refractivity contribution in [2.24, 2.45) is 5.73 Å². The van der Waals surface area contributed by atoms with E-state index < -0.39 is 0 Å². The zero-order valence-corrected chi connectivity index (χ0v) is 9.85. The standard InChI is InChI=1S/C11H14Cl2N2/c1-2-6-15-10(7-14)11-8(12)4-3-5-9(11)13/h2-5,10,15H,1,6-7,14H2. The van der Waals surface area contributed by atoms with Crippen LogP contribution in [0.2, 0.25) is 10.0 Å². The van der Waals surface area contributed by atoms with Gasteiger partial charge in [0.2, 0.25) is 0 Å². The summed E-state index contributed by atoms with van der Waals surface area (Å²) in [7, 11) is 0. The maximum absolute atomic E-state index is 6.08. The van der Waals surface area contributed by atoms with E-state index in [0.29, 0.717) is 23.1 Å². The minimum atomic E-state index is -0.0378. The molecule has 0 heterocycles. The van der Waals surface area contributed by atoms with E-state index in [1.54, 1.807) is 18.2 Å². The van der Waals surface area contributed by atoms with Gasteiger partial charge in [0.25, 0.3) is 0 Å². The number of nitrogens with one attached hydrogen (secondary N) is 1. The summed E-state index contributed by atoms with van der Waals surface area (Å²) in [6.45, 7) is 4.75. The van der Waals surface area contributed by atoms with Crippen LogP contribution >= 0.6 is 23.2 Å². The van der Waals surface area contributed by atoms with Gasteiger partial charge < -0.3 is 11.1 Å². The molecule has 1 atom stereocenters. The molecule has 4 heteroatoms. The molecule has 3 N–H and O–H groups in total. The number of nitrogens with two attached hydrogens (primary N) is 1. The maximum Gasteiger partial charge on any atom is 0.0476 e. The largest absolute Gasteiger partial charge is 0.329 e. The van der Waals surface area contributed by atoms with Crippen molar-refractivity contribution in [1.29, 1.82) is 0 Å². The van der Waals surface area contributed by atoms with Crippen LogP contribution in [0.25, 0.3) is 0 Å². The van der Waals surface area contributed by atoms with Gasteiger partial charge in [0.05, 0.1) is 0 Å².